The van der Waals surface area contributed by atoms with E-state index in [1.54, 1.807) is 29.0 Å². The fourth-order valence-corrected chi connectivity index (χ4v) is 3.88. The van der Waals surface area contributed by atoms with Gasteiger partial charge in [0.2, 0.25) is 0 Å². The van der Waals surface area contributed by atoms with Crippen molar-refractivity contribution in [1.82, 2.24) is 20.0 Å². The molecule has 0 bridgehead atoms. The molecule has 8 heteroatoms. The van der Waals surface area contributed by atoms with Crippen LogP contribution in [0.25, 0.3) is 11.3 Å². The molecule has 1 saturated heterocycles. The number of halogens is 1. The summed E-state index contributed by atoms with van der Waals surface area (Å²) in [6.07, 6.45) is 0. The number of nitrogens with zero attached hydrogens (tertiary/aromatic N) is 3. The van der Waals surface area contributed by atoms with Gasteiger partial charge < -0.3 is 14.5 Å². The van der Waals surface area contributed by atoms with Gasteiger partial charge in [0.25, 0.3) is 11.8 Å². The van der Waals surface area contributed by atoms with Gasteiger partial charge in [-0.15, -0.1) is 0 Å². The van der Waals surface area contributed by atoms with E-state index in [1.807, 2.05) is 42.5 Å². The Kier molecular flexibility index (Phi) is 5.85. The maximum Gasteiger partial charge on any atom is 0.272 e. The summed E-state index contributed by atoms with van der Waals surface area (Å²) in [5, 5.41) is 7.11. The third-order valence-corrected chi connectivity index (χ3v) is 5.84. The SMILES string of the molecule is COc1ccc(-c2cc(C(=O)N3CCN(C(=O)c4ccccc4Br)CC3)[nH]n2)cc1. The highest BCUT2D eigenvalue weighted by Crippen LogP contribution is 2.22. The topological polar surface area (TPSA) is 78.5 Å². The zero-order valence-corrected chi connectivity index (χ0v) is 18.1. The minimum atomic E-state index is -0.116. The first kappa shape index (κ1) is 20.2. The number of amides is 2. The predicted molar refractivity (Wildman–Crippen MR) is 117 cm³/mol. The van der Waals surface area contributed by atoms with Gasteiger partial charge in [0.05, 0.1) is 18.4 Å². The van der Waals surface area contributed by atoms with Crippen LogP contribution in [0.3, 0.4) is 0 Å². The summed E-state index contributed by atoms with van der Waals surface area (Å²) >= 11 is 3.43. The molecule has 7 nitrogen and oxygen atoms in total. The van der Waals surface area contributed by atoms with Gasteiger partial charge in [-0.2, -0.15) is 5.10 Å². The van der Waals surface area contributed by atoms with Crippen molar-refractivity contribution < 1.29 is 14.3 Å². The normalized spacial score (nSPS) is 13.9. The molecule has 1 aromatic heterocycles. The van der Waals surface area contributed by atoms with Crippen molar-refractivity contribution in [1.29, 1.82) is 0 Å². The maximum absolute atomic E-state index is 12.9. The molecular formula is C22H21BrN4O3. The molecule has 154 valence electrons. The second-order valence-electron chi connectivity index (χ2n) is 6.96. The molecule has 1 fully saturated rings. The van der Waals surface area contributed by atoms with Crippen molar-refractivity contribution in [3.05, 3.63) is 70.3 Å². The fraction of sp³-hybridized carbons (Fsp3) is 0.227. The van der Waals surface area contributed by atoms with Gasteiger partial charge in [-0.1, -0.05) is 12.1 Å². The quantitative estimate of drug-likeness (QED) is 0.635. The van der Waals surface area contributed by atoms with E-state index in [9.17, 15) is 9.59 Å². The Hall–Kier alpha value is -3.13. The maximum atomic E-state index is 12.9. The molecule has 1 aliphatic rings. The number of H-pyrrole nitrogens is 1. The van der Waals surface area contributed by atoms with Crippen LogP contribution in [0.5, 0.6) is 5.75 Å². The number of hydrogen-bond donors (Lipinski definition) is 1. The number of hydrogen-bond acceptors (Lipinski definition) is 4. The number of rotatable bonds is 4. The lowest BCUT2D eigenvalue weighted by Gasteiger charge is -2.34. The van der Waals surface area contributed by atoms with Gasteiger partial charge >= 0.3 is 0 Å². The smallest absolute Gasteiger partial charge is 0.272 e. The third-order valence-electron chi connectivity index (χ3n) is 5.15. The summed E-state index contributed by atoms with van der Waals surface area (Å²) in [4.78, 5) is 29.1. The summed E-state index contributed by atoms with van der Waals surface area (Å²) in [5.41, 5.74) is 2.67. The summed E-state index contributed by atoms with van der Waals surface area (Å²) < 4.78 is 5.94. The van der Waals surface area contributed by atoms with E-state index in [-0.39, 0.29) is 11.8 Å². The molecule has 30 heavy (non-hydrogen) atoms. The number of piperazine rings is 1. The second kappa shape index (κ2) is 8.71. The second-order valence-corrected chi connectivity index (χ2v) is 7.81. The number of benzene rings is 2. The number of aromatic nitrogens is 2. The van der Waals surface area contributed by atoms with Crippen LogP contribution in [0.1, 0.15) is 20.8 Å². The monoisotopic (exact) mass is 468 g/mol. The van der Waals surface area contributed by atoms with Crippen molar-refractivity contribution in [3.8, 4) is 17.0 Å². The van der Waals surface area contributed by atoms with E-state index in [0.717, 1.165) is 15.8 Å². The van der Waals surface area contributed by atoms with Crippen LogP contribution in [0.4, 0.5) is 0 Å². The van der Waals surface area contributed by atoms with Crippen LogP contribution < -0.4 is 4.74 Å². The van der Waals surface area contributed by atoms with Crippen molar-refractivity contribution in [2.45, 2.75) is 0 Å². The number of nitrogens with one attached hydrogen (secondary N) is 1. The Bertz CT molecular complexity index is 1060. The molecule has 4 rings (SSSR count). The van der Waals surface area contributed by atoms with E-state index in [0.29, 0.717) is 43.1 Å². The van der Waals surface area contributed by atoms with Crippen LogP contribution in [0.15, 0.2) is 59.1 Å². The van der Waals surface area contributed by atoms with Crippen LogP contribution in [0.2, 0.25) is 0 Å². The third kappa shape index (κ3) is 4.09. The summed E-state index contributed by atoms with van der Waals surface area (Å²) in [5.74, 6) is 0.619. The minimum Gasteiger partial charge on any atom is -0.497 e. The molecule has 2 aromatic carbocycles. The van der Waals surface area contributed by atoms with Gasteiger partial charge in [-0.05, 0) is 58.4 Å². The number of carbonyl (C=O) groups excluding carboxylic acids is 2. The molecule has 1 N–H and O–H groups in total. The highest BCUT2D eigenvalue weighted by atomic mass is 79.9. The number of carbonyl (C=O) groups is 2. The number of ether oxygens (including phenoxy) is 1. The fourth-order valence-electron chi connectivity index (χ4n) is 3.43. The molecule has 0 aliphatic carbocycles. The first-order valence-electron chi connectivity index (χ1n) is 9.60. The lowest BCUT2D eigenvalue weighted by molar-refractivity contribution is 0.0532. The molecule has 2 heterocycles. The van der Waals surface area contributed by atoms with E-state index in [2.05, 4.69) is 26.1 Å². The molecule has 0 unspecified atom stereocenters. The lowest BCUT2D eigenvalue weighted by Crippen LogP contribution is -2.50. The van der Waals surface area contributed by atoms with Crippen molar-refractivity contribution >= 4 is 27.7 Å². The predicted octanol–water partition coefficient (Wildman–Crippen LogP) is 3.45. The molecule has 0 atom stereocenters. The average molecular weight is 469 g/mol. The molecule has 1 aliphatic heterocycles. The van der Waals surface area contributed by atoms with Crippen LogP contribution >= 0.6 is 15.9 Å². The first-order valence-corrected chi connectivity index (χ1v) is 10.4. The van der Waals surface area contributed by atoms with Gasteiger partial charge in [0.15, 0.2) is 0 Å². The van der Waals surface area contributed by atoms with Crippen molar-refractivity contribution in [2.24, 2.45) is 0 Å². The van der Waals surface area contributed by atoms with Gasteiger partial charge in [0, 0.05) is 36.2 Å². The van der Waals surface area contributed by atoms with Crippen LogP contribution in [-0.2, 0) is 0 Å². The van der Waals surface area contributed by atoms with E-state index in [4.69, 9.17) is 4.74 Å². The Morgan fingerprint density at radius 2 is 1.60 bits per heavy atom. The molecule has 0 radical (unpaired) electrons. The van der Waals surface area contributed by atoms with Crippen LogP contribution in [0, 0.1) is 0 Å². The zero-order valence-electron chi connectivity index (χ0n) is 16.5. The molecule has 0 spiro atoms. The Morgan fingerprint density at radius 1 is 0.967 bits per heavy atom. The lowest BCUT2D eigenvalue weighted by atomic mass is 10.1. The largest absolute Gasteiger partial charge is 0.497 e. The van der Waals surface area contributed by atoms with Gasteiger partial charge in [0.1, 0.15) is 11.4 Å². The minimum absolute atomic E-state index is 0.0297. The molecule has 2 amide bonds. The molecule has 0 saturated carbocycles. The van der Waals surface area contributed by atoms with Gasteiger partial charge in [-0.3, -0.25) is 14.7 Å². The standard InChI is InChI=1S/C22H21BrN4O3/c1-30-16-8-6-15(7-9-16)19-14-20(25-24-19)22(29)27-12-10-26(11-13-27)21(28)17-4-2-3-5-18(17)23/h2-9,14H,10-13H2,1H3,(H,24,25). The summed E-state index contributed by atoms with van der Waals surface area (Å²) in [6, 6.07) is 16.6. The summed E-state index contributed by atoms with van der Waals surface area (Å²) in [6.45, 7) is 1.94. The number of methoxy groups -OCH3 is 1. The highest BCUT2D eigenvalue weighted by molar-refractivity contribution is 9.10. The highest BCUT2D eigenvalue weighted by Gasteiger charge is 2.27. The Labute approximate surface area is 182 Å². The van der Waals surface area contributed by atoms with Crippen molar-refractivity contribution in [3.63, 3.8) is 0 Å². The van der Waals surface area contributed by atoms with E-state index < -0.39 is 0 Å². The first-order chi connectivity index (χ1) is 14.6. The van der Waals surface area contributed by atoms with E-state index in [1.165, 1.54) is 0 Å². The average Bonchev–Trinajstić information content (AvgIpc) is 3.29. The van der Waals surface area contributed by atoms with Crippen molar-refractivity contribution in [2.75, 3.05) is 33.3 Å². The Balaban J connectivity index is 1.39. The van der Waals surface area contributed by atoms with E-state index >= 15 is 0 Å². The van der Waals surface area contributed by atoms with Gasteiger partial charge in [-0.25, -0.2) is 0 Å². The van der Waals surface area contributed by atoms with Crippen LogP contribution in [-0.4, -0.2) is 65.1 Å². The molecular weight excluding hydrogens is 448 g/mol. The number of aromatic amines is 1. The zero-order chi connectivity index (χ0) is 21.1. The molecule has 3 aromatic rings. The Morgan fingerprint density at radius 3 is 2.23 bits per heavy atom. The summed E-state index contributed by atoms with van der Waals surface area (Å²) in [7, 11) is 1.62.